The SMILES string of the molecule is Nc1ccc(-c2cn3cccc(OCc4ccc(Cl)c(Cl)c4)c3n2)cc1. The van der Waals surface area contributed by atoms with Gasteiger partial charge < -0.3 is 14.9 Å². The third-order valence-corrected chi connectivity index (χ3v) is 4.77. The molecule has 4 aromatic rings. The van der Waals surface area contributed by atoms with Crippen molar-refractivity contribution in [2.24, 2.45) is 0 Å². The summed E-state index contributed by atoms with van der Waals surface area (Å²) in [5, 5.41) is 1.04. The first-order chi connectivity index (χ1) is 12.6. The van der Waals surface area contributed by atoms with Gasteiger partial charge in [-0.05, 0) is 42.0 Å². The van der Waals surface area contributed by atoms with Gasteiger partial charge in [0.25, 0.3) is 0 Å². The second-order valence-electron chi connectivity index (χ2n) is 5.89. The lowest BCUT2D eigenvalue weighted by molar-refractivity contribution is 0.308. The van der Waals surface area contributed by atoms with Gasteiger partial charge in [-0.3, -0.25) is 0 Å². The van der Waals surface area contributed by atoms with Crippen molar-refractivity contribution in [2.45, 2.75) is 6.61 Å². The van der Waals surface area contributed by atoms with Crippen LogP contribution in [0.4, 0.5) is 5.69 Å². The number of anilines is 1. The molecule has 0 aliphatic carbocycles. The average Bonchev–Trinajstić information content (AvgIpc) is 3.08. The molecule has 0 fully saturated rings. The van der Waals surface area contributed by atoms with Crippen molar-refractivity contribution in [1.29, 1.82) is 0 Å². The quantitative estimate of drug-likeness (QED) is 0.475. The smallest absolute Gasteiger partial charge is 0.180 e. The number of rotatable bonds is 4. The number of hydrogen-bond donors (Lipinski definition) is 1. The van der Waals surface area contributed by atoms with Crippen molar-refractivity contribution in [3.63, 3.8) is 0 Å². The van der Waals surface area contributed by atoms with Gasteiger partial charge >= 0.3 is 0 Å². The van der Waals surface area contributed by atoms with Crippen LogP contribution in [0.25, 0.3) is 16.9 Å². The van der Waals surface area contributed by atoms with Crippen LogP contribution in [0.5, 0.6) is 5.75 Å². The van der Waals surface area contributed by atoms with Crippen LogP contribution in [0, 0.1) is 0 Å². The number of hydrogen-bond acceptors (Lipinski definition) is 3. The largest absolute Gasteiger partial charge is 0.485 e. The molecular weight excluding hydrogens is 369 g/mol. The summed E-state index contributed by atoms with van der Waals surface area (Å²) in [6.07, 6.45) is 3.90. The molecule has 0 unspecified atom stereocenters. The summed E-state index contributed by atoms with van der Waals surface area (Å²) >= 11 is 12.0. The van der Waals surface area contributed by atoms with E-state index in [1.807, 2.05) is 59.3 Å². The van der Waals surface area contributed by atoms with E-state index in [1.165, 1.54) is 0 Å². The minimum atomic E-state index is 0.376. The van der Waals surface area contributed by atoms with E-state index in [-0.39, 0.29) is 0 Å². The normalized spacial score (nSPS) is 11.0. The topological polar surface area (TPSA) is 52.5 Å². The summed E-state index contributed by atoms with van der Waals surface area (Å²) in [5.74, 6) is 0.695. The van der Waals surface area contributed by atoms with Crippen molar-refractivity contribution in [3.8, 4) is 17.0 Å². The number of imidazole rings is 1. The molecule has 26 heavy (non-hydrogen) atoms. The molecule has 4 rings (SSSR count). The van der Waals surface area contributed by atoms with E-state index in [0.29, 0.717) is 22.4 Å². The van der Waals surface area contributed by atoms with Crippen LogP contribution in [0.3, 0.4) is 0 Å². The maximum Gasteiger partial charge on any atom is 0.180 e. The average molecular weight is 384 g/mol. The van der Waals surface area contributed by atoms with Crippen LogP contribution in [-0.4, -0.2) is 9.38 Å². The third kappa shape index (κ3) is 3.34. The second kappa shape index (κ2) is 6.90. The summed E-state index contributed by atoms with van der Waals surface area (Å²) in [6, 6.07) is 16.9. The maximum absolute atomic E-state index is 6.06. The highest BCUT2D eigenvalue weighted by atomic mass is 35.5. The first-order valence-electron chi connectivity index (χ1n) is 8.00. The predicted molar refractivity (Wildman–Crippen MR) is 106 cm³/mol. The molecule has 0 atom stereocenters. The monoisotopic (exact) mass is 383 g/mol. The molecule has 6 heteroatoms. The van der Waals surface area contributed by atoms with Gasteiger partial charge in [-0.1, -0.05) is 41.4 Å². The zero-order valence-corrected chi connectivity index (χ0v) is 15.2. The first-order valence-corrected chi connectivity index (χ1v) is 8.76. The van der Waals surface area contributed by atoms with E-state index >= 15 is 0 Å². The Bertz CT molecular complexity index is 1070. The number of fused-ring (bicyclic) bond motifs is 1. The zero-order valence-electron chi connectivity index (χ0n) is 13.7. The second-order valence-corrected chi connectivity index (χ2v) is 6.70. The summed E-state index contributed by atoms with van der Waals surface area (Å²) in [7, 11) is 0. The van der Waals surface area contributed by atoms with Crippen LogP contribution in [0.1, 0.15) is 5.56 Å². The minimum absolute atomic E-state index is 0.376. The number of nitrogen functional groups attached to an aromatic ring is 1. The van der Waals surface area contributed by atoms with Crippen LogP contribution in [-0.2, 0) is 6.61 Å². The van der Waals surface area contributed by atoms with E-state index in [1.54, 1.807) is 12.1 Å². The minimum Gasteiger partial charge on any atom is -0.485 e. The highest BCUT2D eigenvalue weighted by Gasteiger charge is 2.09. The standard InChI is InChI=1S/C20H15Cl2N3O/c21-16-8-3-13(10-17(16)22)12-26-19-2-1-9-25-11-18(24-20(19)25)14-4-6-15(23)7-5-14/h1-11H,12,23H2. The first kappa shape index (κ1) is 16.8. The Morgan fingerprint density at radius 1 is 1.00 bits per heavy atom. The van der Waals surface area contributed by atoms with Gasteiger partial charge in [0.2, 0.25) is 0 Å². The lowest BCUT2D eigenvalue weighted by atomic mass is 10.1. The van der Waals surface area contributed by atoms with E-state index in [2.05, 4.69) is 0 Å². The number of halogens is 2. The van der Waals surface area contributed by atoms with Crippen molar-refractivity contribution in [2.75, 3.05) is 5.73 Å². The van der Waals surface area contributed by atoms with Crippen molar-refractivity contribution >= 4 is 34.5 Å². The van der Waals surface area contributed by atoms with Crippen LogP contribution >= 0.6 is 23.2 Å². The molecule has 0 spiro atoms. The highest BCUT2D eigenvalue weighted by molar-refractivity contribution is 6.42. The molecule has 2 N–H and O–H groups in total. The Morgan fingerprint density at radius 2 is 1.81 bits per heavy atom. The number of pyridine rings is 1. The van der Waals surface area contributed by atoms with Gasteiger partial charge in [-0.25, -0.2) is 4.98 Å². The number of benzene rings is 2. The van der Waals surface area contributed by atoms with Crippen LogP contribution < -0.4 is 10.5 Å². The van der Waals surface area contributed by atoms with Crippen molar-refractivity contribution in [1.82, 2.24) is 9.38 Å². The van der Waals surface area contributed by atoms with Crippen LogP contribution in [0.15, 0.2) is 67.0 Å². The Labute approximate surface area is 160 Å². The van der Waals surface area contributed by atoms with Gasteiger partial charge in [-0.15, -0.1) is 0 Å². The van der Waals surface area contributed by atoms with Crippen molar-refractivity contribution in [3.05, 3.63) is 82.6 Å². The molecule has 0 saturated carbocycles. The van der Waals surface area contributed by atoms with E-state index in [9.17, 15) is 0 Å². The van der Waals surface area contributed by atoms with E-state index in [4.69, 9.17) is 38.7 Å². The fraction of sp³-hybridized carbons (Fsp3) is 0.0500. The number of nitrogens with zero attached hydrogens (tertiary/aromatic N) is 2. The van der Waals surface area contributed by atoms with Gasteiger partial charge in [0.1, 0.15) is 6.61 Å². The Kier molecular flexibility index (Phi) is 4.45. The molecule has 4 nitrogen and oxygen atoms in total. The van der Waals surface area contributed by atoms with Crippen molar-refractivity contribution < 1.29 is 4.74 Å². The summed E-state index contributed by atoms with van der Waals surface area (Å²) < 4.78 is 7.90. The molecule has 0 radical (unpaired) electrons. The van der Waals surface area contributed by atoms with E-state index < -0.39 is 0 Å². The van der Waals surface area contributed by atoms with Gasteiger partial charge in [-0.2, -0.15) is 0 Å². The molecule has 2 heterocycles. The lowest BCUT2D eigenvalue weighted by Crippen LogP contribution is -1.97. The molecule has 0 aliphatic heterocycles. The molecule has 130 valence electrons. The molecular formula is C20H15Cl2N3O. The van der Waals surface area contributed by atoms with Crippen LogP contribution in [0.2, 0.25) is 10.0 Å². The molecule has 0 bridgehead atoms. The highest BCUT2D eigenvalue weighted by Crippen LogP contribution is 2.27. The van der Waals surface area contributed by atoms with E-state index in [0.717, 1.165) is 28.2 Å². The summed E-state index contributed by atoms with van der Waals surface area (Å²) in [4.78, 5) is 4.71. The maximum atomic E-state index is 6.06. The predicted octanol–water partition coefficient (Wildman–Crippen LogP) is 5.47. The zero-order chi connectivity index (χ0) is 18.1. The molecule has 0 aliphatic rings. The Hall–Kier alpha value is -2.69. The lowest BCUT2D eigenvalue weighted by Gasteiger charge is -2.08. The number of ether oxygens (including phenoxy) is 1. The summed E-state index contributed by atoms with van der Waals surface area (Å²) in [5.41, 5.74) is 10.0. The number of nitrogens with two attached hydrogens (primary N) is 1. The Balaban J connectivity index is 1.63. The summed E-state index contributed by atoms with van der Waals surface area (Å²) in [6.45, 7) is 0.376. The third-order valence-electron chi connectivity index (χ3n) is 4.03. The van der Waals surface area contributed by atoms with Gasteiger partial charge in [0.05, 0.1) is 15.7 Å². The molecule has 0 saturated heterocycles. The van der Waals surface area contributed by atoms with Gasteiger partial charge in [0.15, 0.2) is 11.4 Å². The molecule has 2 aromatic carbocycles. The Morgan fingerprint density at radius 3 is 2.58 bits per heavy atom. The number of aromatic nitrogens is 2. The fourth-order valence-electron chi connectivity index (χ4n) is 2.68. The fourth-order valence-corrected chi connectivity index (χ4v) is 3.00. The van der Waals surface area contributed by atoms with Gasteiger partial charge in [0, 0.05) is 23.6 Å². The molecule has 2 aromatic heterocycles. The molecule has 0 amide bonds.